The van der Waals surface area contributed by atoms with Crippen molar-refractivity contribution in [1.82, 2.24) is 0 Å². The van der Waals surface area contributed by atoms with Gasteiger partial charge in [-0.1, -0.05) is 0 Å². The molecule has 0 fully saturated rings. The van der Waals surface area contributed by atoms with Crippen LogP contribution in [-0.2, 0) is 0 Å². The molecule has 9 heteroatoms. The third kappa shape index (κ3) is 2.95. The van der Waals surface area contributed by atoms with Gasteiger partial charge < -0.3 is 40.2 Å². The standard InChI is InChI=1S/C15H10O8.CH4O/c16-6-3-7(17)11-10(4-6)23-15(14(22)13(11)21)5-1-8(18)12(20)9(19)2-5;1-2/h1-4,16-20,22H;2H,1H3. The van der Waals surface area contributed by atoms with Crippen molar-refractivity contribution in [2.75, 3.05) is 7.11 Å². The smallest absolute Gasteiger partial charge is 0.238 e. The topological polar surface area (TPSA) is 172 Å². The van der Waals surface area contributed by atoms with Crippen LogP contribution in [0.5, 0.6) is 34.5 Å². The van der Waals surface area contributed by atoms with Crippen molar-refractivity contribution < 1.29 is 40.2 Å². The van der Waals surface area contributed by atoms with Crippen LogP contribution in [0.15, 0.2) is 33.5 Å². The fourth-order valence-corrected chi connectivity index (χ4v) is 2.21. The summed E-state index contributed by atoms with van der Waals surface area (Å²) >= 11 is 0. The summed E-state index contributed by atoms with van der Waals surface area (Å²) in [6, 6.07) is 3.89. The molecule has 7 N–H and O–H groups in total. The Morgan fingerprint density at radius 1 is 0.760 bits per heavy atom. The van der Waals surface area contributed by atoms with Crippen molar-refractivity contribution in [3.8, 4) is 45.8 Å². The molecule has 9 nitrogen and oxygen atoms in total. The van der Waals surface area contributed by atoms with Gasteiger partial charge in [-0.15, -0.1) is 0 Å². The van der Waals surface area contributed by atoms with Crippen molar-refractivity contribution in [2.24, 2.45) is 0 Å². The highest BCUT2D eigenvalue weighted by atomic mass is 16.4. The number of aliphatic hydroxyl groups is 1. The fourth-order valence-electron chi connectivity index (χ4n) is 2.21. The highest BCUT2D eigenvalue weighted by Gasteiger charge is 2.20. The van der Waals surface area contributed by atoms with E-state index in [2.05, 4.69) is 0 Å². The number of rotatable bonds is 1. The van der Waals surface area contributed by atoms with Gasteiger partial charge in [0.1, 0.15) is 22.5 Å². The largest absolute Gasteiger partial charge is 0.508 e. The predicted octanol–water partition coefficient (Wildman–Crippen LogP) is 1.30. The van der Waals surface area contributed by atoms with E-state index in [0.717, 1.165) is 31.4 Å². The first kappa shape index (κ1) is 17.8. The van der Waals surface area contributed by atoms with Crippen LogP contribution in [-0.4, -0.2) is 42.9 Å². The van der Waals surface area contributed by atoms with Gasteiger partial charge in [-0.05, 0) is 12.1 Å². The highest BCUT2D eigenvalue weighted by Crippen LogP contribution is 2.42. The Morgan fingerprint density at radius 2 is 1.32 bits per heavy atom. The average Bonchev–Trinajstić information content (AvgIpc) is 2.56. The molecule has 0 spiro atoms. The molecule has 0 atom stereocenters. The minimum atomic E-state index is -0.967. The molecule has 0 radical (unpaired) electrons. The van der Waals surface area contributed by atoms with Gasteiger partial charge in [0, 0.05) is 24.8 Å². The zero-order valence-corrected chi connectivity index (χ0v) is 12.8. The van der Waals surface area contributed by atoms with Crippen molar-refractivity contribution >= 4 is 11.0 Å². The quantitative estimate of drug-likeness (QED) is 0.319. The molecule has 0 amide bonds. The number of phenolic OH excluding ortho intramolecular Hbond substituents is 5. The van der Waals surface area contributed by atoms with Gasteiger partial charge in [-0.3, -0.25) is 4.79 Å². The average molecular weight is 350 g/mol. The van der Waals surface area contributed by atoms with Crippen LogP contribution < -0.4 is 5.43 Å². The van der Waals surface area contributed by atoms with E-state index in [1.54, 1.807) is 0 Å². The van der Waals surface area contributed by atoms with Gasteiger partial charge in [-0.25, -0.2) is 0 Å². The SMILES string of the molecule is CO.O=c1c(O)c(-c2cc(O)c(O)c(O)c2)oc2cc(O)cc(O)c12. The zero-order valence-electron chi connectivity index (χ0n) is 12.8. The summed E-state index contributed by atoms with van der Waals surface area (Å²) in [5.74, 6) is -4.40. The van der Waals surface area contributed by atoms with Crippen molar-refractivity contribution in [3.05, 3.63) is 34.5 Å². The van der Waals surface area contributed by atoms with E-state index in [1.165, 1.54) is 0 Å². The first-order valence-corrected chi connectivity index (χ1v) is 6.71. The molecule has 0 bridgehead atoms. The van der Waals surface area contributed by atoms with Crippen LogP contribution in [0.2, 0.25) is 0 Å². The van der Waals surface area contributed by atoms with E-state index in [0.29, 0.717) is 0 Å². The van der Waals surface area contributed by atoms with Gasteiger partial charge in [0.2, 0.25) is 11.2 Å². The molecule has 1 aromatic heterocycles. The normalized spacial score (nSPS) is 10.3. The summed E-state index contributed by atoms with van der Waals surface area (Å²) < 4.78 is 5.30. The molecule has 0 saturated carbocycles. The Balaban J connectivity index is 0.00000109. The van der Waals surface area contributed by atoms with Gasteiger partial charge in [0.25, 0.3) is 0 Å². The van der Waals surface area contributed by atoms with Crippen LogP contribution in [0.3, 0.4) is 0 Å². The van der Waals surface area contributed by atoms with Crippen LogP contribution in [0, 0.1) is 0 Å². The summed E-state index contributed by atoms with van der Waals surface area (Å²) in [6.07, 6.45) is 0. The Labute approximate surface area is 139 Å². The summed E-state index contributed by atoms with van der Waals surface area (Å²) in [4.78, 5) is 12.2. The number of hydrogen-bond donors (Lipinski definition) is 7. The molecule has 2 aromatic carbocycles. The van der Waals surface area contributed by atoms with E-state index >= 15 is 0 Å². The third-order valence-corrected chi connectivity index (χ3v) is 3.27. The molecule has 0 aliphatic carbocycles. The fraction of sp³-hybridized carbons (Fsp3) is 0.0625. The Bertz CT molecular complexity index is 982. The number of benzene rings is 2. The Hall–Kier alpha value is -3.59. The number of phenols is 5. The molecular weight excluding hydrogens is 336 g/mol. The molecule has 3 rings (SSSR count). The predicted molar refractivity (Wildman–Crippen MR) is 86.1 cm³/mol. The second-order valence-electron chi connectivity index (χ2n) is 4.81. The van der Waals surface area contributed by atoms with E-state index in [4.69, 9.17) is 9.52 Å². The molecule has 1 heterocycles. The lowest BCUT2D eigenvalue weighted by atomic mass is 10.1. The van der Waals surface area contributed by atoms with E-state index in [-0.39, 0.29) is 22.3 Å². The Kier molecular flexibility index (Phi) is 4.61. The minimum absolute atomic E-state index is 0.0999. The molecule has 3 aromatic rings. The molecule has 132 valence electrons. The summed E-state index contributed by atoms with van der Waals surface area (Å²) in [6.45, 7) is 0. The van der Waals surface area contributed by atoms with Gasteiger partial charge in [0.15, 0.2) is 23.0 Å². The molecule has 0 saturated heterocycles. The summed E-state index contributed by atoms with van der Waals surface area (Å²) in [7, 11) is 1.00. The molecular formula is C16H14O9. The maximum Gasteiger partial charge on any atom is 0.238 e. The highest BCUT2D eigenvalue weighted by molar-refractivity contribution is 5.88. The number of aliphatic hydroxyl groups excluding tert-OH is 1. The second kappa shape index (κ2) is 6.49. The van der Waals surface area contributed by atoms with E-state index in [1.807, 2.05) is 0 Å². The van der Waals surface area contributed by atoms with Crippen molar-refractivity contribution in [2.45, 2.75) is 0 Å². The zero-order chi connectivity index (χ0) is 18.9. The van der Waals surface area contributed by atoms with Gasteiger partial charge in [-0.2, -0.15) is 0 Å². The molecule has 0 aliphatic rings. The minimum Gasteiger partial charge on any atom is -0.508 e. The first-order chi connectivity index (χ1) is 11.8. The lowest BCUT2D eigenvalue weighted by Gasteiger charge is -2.09. The van der Waals surface area contributed by atoms with Crippen molar-refractivity contribution in [3.63, 3.8) is 0 Å². The first-order valence-electron chi connectivity index (χ1n) is 6.71. The number of fused-ring (bicyclic) bond motifs is 1. The van der Waals surface area contributed by atoms with Crippen molar-refractivity contribution in [1.29, 1.82) is 0 Å². The van der Waals surface area contributed by atoms with E-state index in [9.17, 15) is 35.4 Å². The second-order valence-corrected chi connectivity index (χ2v) is 4.81. The summed E-state index contributed by atoms with van der Waals surface area (Å²) in [5.41, 5.74) is -1.28. The van der Waals surface area contributed by atoms with Crippen LogP contribution >= 0.6 is 0 Å². The number of hydrogen-bond acceptors (Lipinski definition) is 9. The van der Waals surface area contributed by atoms with Crippen LogP contribution in [0.4, 0.5) is 0 Å². The lowest BCUT2D eigenvalue weighted by Crippen LogP contribution is -2.03. The Morgan fingerprint density at radius 3 is 1.88 bits per heavy atom. The lowest BCUT2D eigenvalue weighted by molar-refractivity contribution is 0.368. The van der Waals surface area contributed by atoms with Gasteiger partial charge >= 0.3 is 0 Å². The maximum absolute atomic E-state index is 12.2. The van der Waals surface area contributed by atoms with E-state index < -0.39 is 39.9 Å². The molecule has 0 aliphatic heterocycles. The van der Waals surface area contributed by atoms with Crippen LogP contribution in [0.25, 0.3) is 22.3 Å². The van der Waals surface area contributed by atoms with Gasteiger partial charge in [0.05, 0.1) is 0 Å². The monoisotopic (exact) mass is 350 g/mol. The molecule has 25 heavy (non-hydrogen) atoms. The third-order valence-electron chi connectivity index (χ3n) is 3.27. The molecule has 0 unspecified atom stereocenters. The summed E-state index contributed by atoms with van der Waals surface area (Å²) in [5, 5.41) is 64.2. The number of aromatic hydroxyl groups is 6. The maximum atomic E-state index is 12.2. The van der Waals surface area contributed by atoms with Crippen LogP contribution in [0.1, 0.15) is 0 Å².